The van der Waals surface area contributed by atoms with E-state index >= 15 is 0 Å². The van der Waals surface area contributed by atoms with E-state index < -0.39 is 18.9 Å². The van der Waals surface area contributed by atoms with Crippen LogP contribution >= 0.6 is 0 Å². The summed E-state index contributed by atoms with van der Waals surface area (Å²) in [5.41, 5.74) is 0.986. The normalized spacial score (nSPS) is 21.8. The first kappa shape index (κ1) is 22.4. The van der Waals surface area contributed by atoms with Gasteiger partial charge in [-0.3, -0.25) is 0 Å². The highest BCUT2D eigenvalue weighted by atomic mass is 19.1. The van der Waals surface area contributed by atoms with E-state index in [9.17, 15) is 14.6 Å². The SMILES string of the molecule is CC1C=C(OCC(O)CO)C=CC1C(C)(C)c1ccc(OCC(O)CF)cc1. The van der Waals surface area contributed by atoms with Crippen molar-refractivity contribution in [1.82, 2.24) is 0 Å². The topological polar surface area (TPSA) is 79.2 Å². The van der Waals surface area contributed by atoms with Gasteiger partial charge in [0.2, 0.25) is 0 Å². The predicted octanol–water partition coefficient (Wildman–Crippen LogP) is 2.75. The van der Waals surface area contributed by atoms with Crippen molar-refractivity contribution in [2.75, 3.05) is 26.5 Å². The molecule has 1 aliphatic carbocycles. The zero-order valence-electron chi connectivity index (χ0n) is 16.7. The molecule has 1 aliphatic rings. The molecule has 0 heterocycles. The summed E-state index contributed by atoms with van der Waals surface area (Å²) in [6.07, 6.45) is 4.07. The molecule has 28 heavy (non-hydrogen) atoms. The van der Waals surface area contributed by atoms with Gasteiger partial charge in [-0.25, -0.2) is 4.39 Å². The third kappa shape index (κ3) is 5.80. The first-order valence-corrected chi connectivity index (χ1v) is 9.57. The molecular formula is C22H31FO5. The van der Waals surface area contributed by atoms with Gasteiger partial charge in [0.15, 0.2) is 0 Å². The van der Waals surface area contributed by atoms with Crippen molar-refractivity contribution in [1.29, 1.82) is 0 Å². The van der Waals surface area contributed by atoms with Crippen molar-refractivity contribution in [3.63, 3.8) is 0 Å². The summed E-state index contributed by atoms with van der Waals surface area (Å²) in [6, 6.07) is 7.65. The van der Waals surface area contributed by atoms with Gasteiger partial charge in [-0.15, -0.1) is 0 Å². The van der Waals surface area contributed by atoms with Crippen LogP contribution in [0.25, 0.3) is 0 Å². The summed E-state index contributed by atoms with van der Waals surface area (Å²) in [5, 5.41) is 27.6. The molecule has 1 aromatic carbocycles. The first-order valence-electron chi connectivity index (χ1n) is 9.57. The fourth-order valence-electron chi connectivity index (χ4n) is 3.44. The number of allylic oxidation sites excluding steroid dienone is 3. The average molecular weight is 394 g/mol. The molecule has 0 spiro atoms. The second-order valence-electron chi connectivity index (χ2n) is 7.83. The van der Waals surface area contributed by atoms with Crippen LogP contribution in [-0.4, -0.2) is 54.0 Å². The van der Waals surface area contributed by atoms with Crippen LogP contribution in [0.3, 0.4) is 0 Å². The summed E-state index contributed by atoms with van der Waals surface area (Å²) in [4.78, 5) is 0. The van der Waals surface area contributed by atoms with Gasteiger partial charge in [0.05, 0.1) is 6.61 Å². The standard InChI is InChI=1S/C22H31FO5/c1-15-10-20(28-14-18(26)12-24)8-9-21(15)22(2,3)16-4-6-19(7-5-16)27-13-17(25)11-23/h4-10,15,17-18,21,24-26H,11-14H2,1-3H3. The second kappa shape index (κ2) is 10.0. The van der Waals surface area contributed by atoms with Crippen molar-refractivity contribution in [2.45, 2.75) is 38.4 Å². The second-order valence-corrected chi connectivity index (χ2v) is 7.83. The van der Waals surface area contributed by atoms with Gasteiger partial charge in [-0.05, 0) is 47.1 Å². The summed E-state index contributed by atoms with van der Waals surface area (Å²) >= 11 is 0. The van der Waals surface area contributed by atoms with E-state index in [2.05, 4.69) is 26.8 Å². The van der Waals surface area contributed by atoms with Crippen molar-refractivity contribution in [3.05, 3.63) is 53.8 Å². The molecule has 0 radical (unpaired) electrons. The fraction of sp³-hybridized carbons (Fsp3) is 0.545. The average Bonchev–Trinajstić information content (AvgIpc) is 2.70. The minimum Gasteiger partial charge on any atom is -0.491 e. The molecule has 0 saturated carbocycles. The number of hydrogen-bond acceptors (Lipinski definition) is 5. The molecule has 4 atom stereocenters. The Morgan fingerprint density at radius 2 is 1.71 bits per heavy atom. The Morgan fingerprint density at radius 1 is 1.07 bits per heavy atom. The van der Waals surface area contributed by atoms with Gasteiger partial charge < -0.3 is 24.8 Å². The van der Waals surface area contributed by atoms with Crippen molar-refractivity contribution in [2.24, 2.45) is 11.8 Å². The summed E-state index contributed by atoms with van der Waals surface area (Å²) in [5.74, 6) is 1.75. The summed E-state index contributed by atoms with van der Waals surface area (Å²) in [6.45, 7) is 5.32. The van der Waals surface area contributed by atoms with E-state index in [0.717, 1.165) is 5.56 Å². The molecule has 0 saturated heterocycles. The Kier molecular flexibility index (Phi) is 8.04. The van der Waals surface area contributed by atoms with Crippen LogP contribution in [0.1, 0.15) is 26.3 Å². The number of halogens is 1. The van der Waals surface area contributed by atoms with Gasteiger partial charge in [-0.1, -0.05) is 39.0 Å². The summed E-state index contributed by atoms with van der Waals surface area (Å²) in [7, 11) is 0. The van der Waals surface area contributed by atoms with E-state index in [1.165, 1.54) is 0 Å². The Labute approximate surface area is 166 Å². The van der Waals surface area contributed by atoms with Gasteiger partial charge in [0.25, 0.3) is 0 Å². The van der Waals surface area contributed by atoms with Crippen LogP contribution in [0.4, 0.5) is 4.39 Å². The molecule has 3 N–H and O–H groups in total. The maximum absolute atomic E-state index is 12.3. The molecule has 6 heteroatoms. The van der Waals surface area contributed by atoms with Crippen LogP contribution in [0.5, 0.6) is 5.75 Å². The van der Waals surface area contributed by atoms with Gasteiger partial charge in [0.1, 0.15) is 43.6 Å². The quantitative estimate of drug-likeness (QED) is 0.569. The molecule has 2 rings (SSSR count). The van der Waals surface area contributed by atoms with Crippen LogP contribution in [0.15, 0.2) is 48.3 Å². The summed E-state index contributed by atoms with van der Waals surface area (Å²) < 4.78 is 23.3. The predicted molar refractivity (Wildman–Crippen MR) is 106 cm³/mol. The number of hydrogen-bond donors (Lipinski definition) is 3. The van der Waals surface area contributed by atoms with E-state index in [1.54, 1.807) is 0 Å². The van der Waals surface area contributed by atoms with E-state index in [4.69, 9.17) is 14.6 Å². The number of alkyl halides is 1. The third-order valence-corrected chi connectivity index (χ3v) is 5.17. The monoisotopic (exact) mass is 394 g/mol. The Bertz CT molecular complexity index is 668. The minimum atomic E-state index is -1.11. The maximum atomic E-state index is 12.3. The Hall–Kier alpha value is -1.89. The van der Waals surface area contributed by atoms with Crippen LogP contribution in [0.2, 0.25) is 0 Å². The fourth-order valence-corrected chi connectivity index (χ4v) is 3.44. The molecule has 1 aromatic rings. The number of aliphatic hydroxyl groups is 3. The van der Waals surface area contributed by atoms with E-state index in [0.29, 0.717) is 11.5 Å². The number of aliphatic hydroxyl groups excluding tert-OH is 3. The van der Waals surface area contributed by atoms with Crippen molar-refractivity contribution < 1.29 is 29.2 Å². The van der Waals surface area contributed by atoms with E-state index in [1.807, 2.05) is 36.4 Å². The molecule has 5 nitrogen and oxygen atoms in total. The zero-order chi connectivity index (χ0) is 20.7. The smallest absolute Gasteiger partial charge is 0.119 e. The highest BCUT2D eigenvalue weighted by molar-refractivity contribution is 5.35. The van der Waals surface area contributed by atoms with Crippen molar-refractivity contribution in [3.8, 4) is 5.75 Å². The molecule has 0 fully saturated rings. The van der Waals surface area contributed by atoms with Crippen LogP contribution in [-0.2, 0) is 10.2 Å². The van der Waals surface area contributed by atoms with E-state index in [-0.39, 0.29) is 37.1 Å². The lowest BCUT2D eigenvalue weighted by molar-refractivity contribution is 0.0319. The first-order chi connectivity index (χ1) is 13.3. The van der Waals surface area contributed by atoms with Crippen LogP contribution < -0.4 is 4.74 Å². The largest absolute Gasteiger partial charge is 0.491 e. The van der Waals surface area contributed by atoms with Gasteiger partial charge in [0, 0.05) is 0 Å². The minimum absolute atomic E-state index is 0.0615. The highest BCUT2D eigenvalue weighted by Crippen LogP contribution is 2.40. The van der Waals surface area contributed by atoms with Crippen LogP contribution in [0, 0.1) is 11.8 Å². The number of rotatable bonds is 10. The van der Waals surface area contributed by atoms with Gasteiger partial charge in [-0.2, -0.15) is 0 Å². The molecular weight excluding hydrogens is 363 g/mol. The molecule has 0 aliphatic heterocycles. The lowest BCUT2D eigenvalue weighted by Gasteiger charge is -2.38. The lowest BCUT2D eigenvalue weighted by atomic mass is 9.67. The molecule has 0 amide bonds. The molecule has 156 valence electrons. The maximum Gasteiger partial charge on any atom is 0.119 e. The lowest BCUT2D eigenvalue weighted by Crippen LogP contribution is -2.33. The highest BCUT2D eigenvalue weighted by Gasteiger charge is 2.34. The number of benzene rings is 1. The molecule has 0 bridgehead atoms. The molecule has 0 aromatic heterocycles. The number of ether oxygens (including phenoxy) is 2. The van der Waals surface area contributed by atoms with Crippen molar-refractivity contribution >= 4 is 0 Å². The van der Waals surface area contributed by atoms with Gasteiger partial charge >= 0.3 is 0 Å². The zero-order valence-corrected chi connectivity index (χ0v) is 16.7. The molecule has 4 unspecified atom stereocenters. The Balaban J connectivity index is 2.02. The third-order valence-electron chi connectivity index (χ3n) is 5.17. The Morgan fingerprint density at radius 3 is 2.29 bits per heavy atom.